The molecule has 0 spiro atoms. The molecule has 0 radical (unpaired) electrons. The highest BCUT2D eigenvalue weighted by Gasteiger charge is 2.15. The van der Waals surface area contributed by atoms with Gasteiger partial charge in [0.05, 0.1) is 5.39 Å². The monoisotopic (exact) mass is 234 g/mol. The zero-order valence-corrected chi connectivity index (χ0v) is 8.93. The maximum atomic E-state index is 11.5. The highest BCUT2D eigenvalue weighted by atomic mass is 16.3. The first-order valence-electron chi connectivity index (χ1n) is 4.83. The first-order valence-corrected chi connectivity index (χ1v) is 4.83. The Morgan fingerprint density at radius 3 is 2.18 bits per heavy atom. The molecule has 2 rings (SSSR count). The second-order valence-corrected chi connectivity index (χ2v) is 3.80. The van der Waals surface area contributed by atoms with Crippen molar-refractivity contribution in [3.63, 3.8) is 0 Å². The average Bonchev–Trinajstić information content (AvgIpc) is 2.34. The minimum atomic E-state index is -0.768. The van der Waals surface area contributed by atoms with Crippen LogP contribution in [0.15, 0.2) is 23.0 Å². The van der Waals surface area contributed by atoms with Crippen LogP contribution >= 0.6 is 0 Å². The van der Waals surface area contributed by atoms with Gasteiger partial charge in [-0.15, -0.1) is 0 Å². The number of phenolic OH excluding ortho intramolecular Hbond substituents is 3. The predicted molar refractivity (Wildman–Crippen MR) is 61.6 cm³/mol. The van der Waals surface area contributed by atoms with Crippen LogP contribution in [0.25, 0.3) is 10.8 Å². The summed E-state index contributed by atoms with van der Waals surface area (Å²) in [4.78, 5) is 11.5. The van der Waals surface area contributed by atoms with E-state index in [1.54, 1.807) is 6.92 Å². The molecule has 0 heterocycles. The van der Waals surface area contributed by atoms with Crippen molar-refractivity contribution < 1.29 is 20.4 Å². The Hall–Kier alpha value is -2.43. The van der Waals surface area contributed by atoms with Gasteiger partial charge in [0.15, 0.2) is 17.2 Å². The minimum absolute atomic E-state index is 0.182. The van der Waals surface area contributed by atoms with Crippen molar-refractivity contribution in [1.29, 1.82) is 0 Å². The van der Waals surface area contributed by atoms with Crippen LogP contribution in [0, 0.1) is 6.92 Å². The molecule has 0 saturated carbocycles. The van der Waals surface area contributed by atoms with Gasteiger partial charge in [0.1, 0.15) is 0 Å². The van der Waals surface area contributed by atoms with Crippen molar-refractivity contribution in [2.45, 2.75) is 6.92 Å². The van der Waals surface area contributed by atoms with Gasteiger partial charge < -0.3 is 20.4 Å². The van der Waals surface area contributed by atoms with E-state index < -0.39 is 28.4 Å². The van der Waals surface area contributed by atoms with Gasteiger partial charge in [-0.3, -0.25) is 4.79 Å². The molecule has 0 aliphatic heterocycles. The van der Waals surface area contributed by atoms with E-state index >= 15 is 0 Å². The average molecular weight is 234 g/mol. The standard InChI is InChI=1S/C12H10O5/c1-5-2-6-4-8(14)11(16)12(17)9(6)10(15)7(13)3-5/h2-4,14,16-17H,1H3,(H,13,15). The smallest absolute Gasteiger partial charge is 0.221 e. The first-order chi connectivity index (χ1) is 7.91. The summed E-state index contributed by atoms with van der Waals surface area (Å²) < 4.78 is 0. The van der Waals surface area contributed by atoms with Crippen molar-refractivity contribution >= 4 is 10.8 Å². The van der Waals surface area contributed by atoms with E-state index in [0.29, 0.717) is 5.56 Å². The molecule has 2 aromatic rings. The molecule has 17 heavy (non-hydrogen) atoms. The topological polar surface area (TPSA) is 98.0 Å². The fourth-order valence-corrected chi connectivity index (χ4v) is 1.71. The van der Waals surface area contributed by atoms with Crippen LogP contribution in [0.1, 0.15) is 5.56 Å². The van der Waals surface area contributed by atoms with Crippen LogP contribution in [0.5, 0.6) is 23.0 Å². The van der Waals surface area contributed by atoms with Crippen molar-refractivity contribution in [2.24, 2.45) is 0 Å². The van der Waals surface area contributed by atoms with Crippen LogP contribution in [-0.4, -0.2) is 20.4 Å². The zero-order chi connectivity index (χ0) is 12.7. The molecule has 2 aromatic carbocycles. The van der Waals surface area contributed by atoms with E-state index in [2.05, 4.69) is 0 Å². The van der Waals surface area contributed by atoms with Crippen LogP contribution < -0.4 is 5.43 Å². The van der Waals surface area contributed by atoms with Crippen LogP contribution in [0.4, 0.5) is 0 Å². The van der Waals surface area contributed by atoms with Crippen molar-refractivity contribution in [2.75, 3.05) is 0 Å². The Labute approximate surface area is 95.8 Å². The summed E-state index contributed by atoms with van der Waals surface area (Å²) in [5, 5.41) is 38.1. The van der Waals surface area contributed by atoms with Crippen molar-refractivity contribution in [3.05, 3.63) is 34.0 Å². The molecule has 0 aliphatic carbocycles. The fraction of sp³-hybridized carbons (Fsp3) is 0.0833. The van der Waals surface area contributed by atoms with E-state index in [9.17, 15) is 25.2 Å². The molecule has 0 aliphatic rings. The summed E-state index contributed by atoms with van der Waals surface area (Å²) >= 11 is 0. The van der Waals surface area contributed by atoms with Gasteiger partial charge in [-0.2, -0.15) is 0 Å². The Balaban J connectivity index is 3.16. The molecule has 0 unspecified atom stereocenters. The van der Waals surface area contributed by atoms with E-state index in [0.717, 1.165) is 6.07 Å². The number of phenols is 3. The maximum Gasteiger partial charge on any atom is 0.221 e. The van der Waals surface area contributed by atoms with Crippen LogP contribution in [0.2, 0.25) is 0 Å². The number of aryl methyl sites for hydroxylation is 1. The van der Waals surface area contributed by atoms with Gasteiger partial charge in [0, 0.05) is 0 Å². The fourth-order valence-electron chi connectivity index (χ4n) is 1.71. The third-order valence-electron chi connectivity index (χ3n) is 2.50. The molecular weight excluding hydrogens is 224 g/mol. The van der Waals surface area contributed by atoms with Crippen molar-refractivity contribution in [1.82, 2.24) is 0 Å². The Bertz CT molecular complexity index is 676. The molecule has 88 valence electrons. The summed E-state index contributed by atoms with van der Waals surface area (Å²) in [6.07, 6.45) is 0. The molecule has 5 heteroatoms. The van der Waals surface area contributed by atoms with Crippen molar-refractivity contribution in [3.8, 4) is 23.0 Å². The number of hydrogen-bond acceptors (Lipinski definition) is 5. The Morgan fingerprint density at radius 1 is 0.882 bits per heavy atom. The lowest BCUT2D eigenvalue weighted by molar-refractivity contribution is 0.370. The lowest BCUT2D eigenvalue weighted by Gasteiger charge is -2.04. The second-order valence-electron chi connectivity index (χ2n) is 3.80. The predicted octanol–water partition coefficient (Wildman–Crippen LogP) is 1.33. The van der Waals surface area contributed by atoms with Crippen LogP contribution in [0.3, 0.4) is 0 Å². The zero-order valence-electron chi connectivity index (χ0n) is 8.93. The summed E-state index contributed by atoms with van der Waals surface area (Å²) in [5.41, 5.74) is -0.109. The van der Waals surface area contributed by atoms with E-state index in [-0.39, 0.29) is 10.8 Å². The quantitative estimate of drug-likeness (QED) is 0.515. The Morgan fingerprint density at radius 2 is 1.53 bits per heavy atom. The normalized spacial score (nSPS) is 10.6. The molecule has 0 aromatic heterocycles. The van der Waals surface area contributed by atoms with Gasteiger partial charge in [0.25, 0.3) is 0 Å². The number of benzene rings is 1. The van der Waals surface area contributed by atoms with Gasteiger partial charge in [-0.1, -0.05) is 6.07 Å². The SMILES string of the molecule is Cc1cc(=O)c(O)c2c(O)c(O)c(O)cc2c1. The minimum Gasteiger partial charge on any atom is -0.504 e. The number of aromatic hydroxyl groups is 4. The summed E-state index contributed by atoms with van der Waals surface area (Å²) in [7, 11) is 0. The lowest BCUT2D eigenvalue weighted by atomic mass is 10.1. The lowest BCUT2D eigenvalue weighted by Crippen LogP contribution is -1.94. The van der Waals surface area contributed by atoms with E-state index in [4.69, 9.17) is 0 Å². The molecule has 4 N–H and O–H groups in total. The molecule has 5 nitrogen and oxygen atoms in total. The molecule has 0 bridgehead atoms. The maximum absolute atomic E-state index is 11.5. The number of rotatable bonds is 0. The third-order valence-corrected chi connectivity index (χ3v) is 2.50. The Kier molecular flexibility index (Phi) is 2.31. The summed E-state index contributed by atoms with van der Waals surface area (Å²) in [6, 6.07) is 3.87. The summed E-state index contributed by atoms with van der Waals surface area (Å²) in [5.74, 6) is -2.67. The van der Waals surface area contributed by atoms with Crippen LogP contribution in [-0.2, 0) is 0 Å². The highest BCUT2D eigenvalue weighted by Crippen LogP contribution is 2.43. The largest absolute Gasteiger partial charge is 0.504 e. The molecular formula is C12H10O5. The van der Waals surface area contributed by atoms with E-state index in [1.807, 2.05) is 0 Å². The number of fused-ring (bicyclic) bond motifs is 1. The third kappa shape index (κ3) is 1.61. The molecule has 0 saturated heterocycles. The molecule has 0 amide bonds. The van der Waals surface area contributed by atoms with E-state index in [1.165, 1.54) is 12.1 Å². The first kappa shape index (κ1) is 11.1. The second kappa shape index (κ2) is 3.55. The van der Waals surface area contributed by atoms with Gasteiger partial charge in [-0.25, -0.2) is 0 Å². The van der Waals surface area contributed by atoms with Gasteiger partial charge in [0.2, 0.25) is 11.2 Å². The molecule has 0 atom stereocenters. The van der Waals surface area contributed by atoms with Gasteiger partial charge >= 0.3 is 0 Å². The summed E-state index contributed by atoms with van der Waals surface area (Å²) in [6.45, 7) is 1.64. The number of hydrogen-bond donors (Lipinski definition) is 4. The highest BCUT2D eigenvalue weighted by molar-refractivity contribution is 5.96. The molecule has 0 fully saturated rings. The van der Waals surface area contributed by atoms with Gasteiger partial charge in [-0.05, 0) is 30.0 Å².